The minimum atomic E-state index is -0.581. The number of nitrogens with zero attached hydrogens (tertiary/aromatic N) is 4. The summed E-state index contributed by atoms with van der Waals surface area (Å²) in [6.07, 6.45) is 1.62. The molecule has 0 bridgehead atoms. The van der Waals surface area contributed by atoms with Crippen LogP contribution in [0.25, 0.3) is 17.0 Å². The van der Waals surface area contributed by atoms with Crippen molar-refractivity contribution in [3.05, 3.63) is 68.0 Å². The first-order valence-electron chi connectivity index (χ1n) is 10.1. The van der Waals surface area contributed by atoms with Crippen LogP contribution in [0.15, 0.2) is 56.2 Å². The van der Waals surface area contributed by atoms with Crippen LogP contribution >= 0.6 is 11.8 Å². The third-order valence-electron chi connectivity index (χ3n) is 4.93. The summed E-state index contributed by atoms with van der Waals surface area (Å²) >= 11 is 1.28. The zero-order chi connectivity index (χ0) is 22.5. The third-order valence-corrected chi connectivity index (χ3v) is 5.73. The second kappa shape index (κ2) is 9.93. The van der Waals surface area contributed by atoms with E-state index in [0.29, 0.717) is 40.4 Å². The Labute approximate surface area is 184 Å². The molecule has 2 heterocycles. The molecular weight excluding hydrogens is 416 g/mol. The molecule has 0 spiro atoms. The number of aromatic nitrogens is 2. The molecule has 0 saturated carbocycles. The lowest BCUT2D eigenvalue weighted by atomic mass is 10.2. The van der Waals surface area contributed by atoms with Gasteiger partial charge in [-0.25, -0.2) is 4.98 Å². The SMILES string of the molecule is CC(C)N(CCn1c(S/C=C/c2ccc([N+](=O)[O-])o2)nc2ccccc2c1=O)C(C)C. The average molecular weight is 443 g/mol. The zero-order valence-electron chi connectivity index (χ0n) is 18.0. The van der Waals surface area contributed by atoms with Crippen LogP contribution in [-0.4, -0.2) is 38.0 Å². The normalized spacial score (nSPS) is 12.1. The van der Waals surface area contributed by atoms with Crippen molar-refractivity contribution >= 4 is 34.6 Å². The lowest BCUT2D eigenvalue weighted by molar-refractivity contribution is -0.402. The maximum absolute atomic E-state index is 13.2. The summed E-state index contributed by atoms with van der Waals surface area (Å²) in [6, 6.07) is 10.8. The first-order valence-corrected chi connectivity index (χ1v) is 11.0. The van der Waals surface area contributed by atoms with Gasteiger partial charge in [0.25, 0.3) is 5.56 Å². The van der Waals surface area contributed by atoms with Gasteiger partial charge in [-0.2, -0.15) is 0 Å². The molecule has 0 fully saturated rings. The van der Waals surface area contributed by atoms with E-state index in [2.05, 4.69) is 37.6 Å². The molecule has 0 aliphatic carbocycles. The Hall–Kier alpha value is -2.91. The van der Waals surface area contributed by atoms with Crippen molar-refractivity contribution in [2.75, 3.05) is 6.54 Å². The van der Waals surface area contributed by atoms with Crippen molar-refractivity contribution in [1.82, 2.24) is 14.5 Å². The quantitative estimate of drug-likeness (QED) is 0.204. The molecule has 0 N–H and O–H groups in total. The zero-order valence-corrected chi connectivity index (χ0v) is 18.8. The second-order valence-corrected chi connectivity index (χ2v) is 8.52. The maximum atomic E-state index is 13.2. The largest absolute Gasteiger partial charge is 0.433 e. The van der Waals surface area contributed by atoms with Crippen molar-refractivity contribution in [3.63, 3.8) is 0 Å². The van der Waals surface area contributed by atoms with Gasteiger partial charge in [0.1, 0.15) is 10.7 Å². The van der Waals surface area contributed by atoms with Crippen LogP contribution in [0.4, 0.5) is 5.88 Å². The molecule has 0 aliphatic heterocycles. The van der Waals surface area contributed by atoms with Gasteiger partial charge < -0.3 is 4.42 Å². The molecule has 0 unspecified atom stereocenters. The molecule has 3 rings (SSSR count). The van der Waals surface area contributed by atoms with Gasteiger partial charge in [0.2, 0.25) is 0 Å². The van der Waals surface area contributed by atoms with Crippen molar-refractivity contribution in [2.24, 2.45) is 0 Å². The number of rotatable bonds is 9. The molecule has 9 heteroatoms. The highest BCUT2D eigenvalue weighted by Crippen LogP contribution is 2.22. The van der Waals surface area contributed by atoms with E-state index in [4.69, 9.17) is 4.42 Å². The summed E-state index contributed by atoms with van der Waals surface area (Å²) in [4.78, 5) is 30.4. The summed E-state index contributed by atoms with van der Waals surface area (Å²) in [5.41, 5.74) is 0.556. The van der Waals surface area contributed by atoms with Crippen LogP contribution in [0.5, 0.6) is 0 Å². The Morgan fingerprint density at radius 3 is 2.55 bits per heavy atom. The maximum Gasteiger partial charge on any atom is 0.433 e. The molecule has 2 aromatic heterocycles. The highest BCUT2D eigenvalue weighted by molar-refractivity contribution is 8.02. The fourth-order valence-electron chi connectivity index (χ4n) is 3.45. The van der Waals surface area contributed by atoms with E-state index in [-0.39, 0.29) is 11.4 Å². The number of hydrogen-bond donors (Lipinski definition) is 0. The molecule has 164 valence electrons. The molecular formula is C22H26N4O4S. The van der Waals surface area contributed by atoms with Gasteiger partial charge in [-0.1, -0.05) is 23.9 Å². The summed E-state index contributed by atoms with van der Waals surface area (Å²) in [5, 5.41) is 13.6. The number of hydrogen-bond acceptors (Lipinski definition) is 7. The van der Waals surface area contributed by atoms with Crippen LogP contribution in [0.1, 0.15) is 33.5 Å². The van der Waals surface area contributed by atoms with Gasteiger partial charge in [-0.05, 0) is 57.4 Å². The number of fused-ring (bicyclic) bond motifs is 1. The average Bonchev–Trinajstić information content (AvgIpc) is 3.19. The fraction of sp³-hybridized carbons (Fsp3) is 0.364. The predicted molar refractivity (Wildman–Crippen MR) is 123 cm³/mol. The van der Waals surface area contributed by atoms with Crippen molar-refractivity contribution < 1.29 is 9.34 Å². The van der Waals surface area contributed by atoms with Gasteiger partial charge in [0.05, 0.1) is 17.0 Å². The standard InChI is InChI=1S/C22H26N4O4S/c1-15(2)24(16(3)4)12-13-25-21(27)18-7-5-6-8-19(18)23-22(25)31-14-11-17-9-10-20(30-17)26(28)29/h5-11,14-16H,12-13H2,1-4H3/b14-11+. The monoisotopic (exact) mass is 442 g/mol. The van der Waals surface area contributed by atoms with E-state index < -0.39 is 4.92 Å². The highest BCUT2D eigenvalue weighted by Gasteiger charge is 2.16. The highest BCUT2D eigenvalue weighted by atomic mass is 32.2. The number of benzene rings is 1. The third kappa shape index (κ3) is 5.42. The first kappa shape index (κ1) is 22.8. The number of thioether (sulfide) groups is 1. The Morgan fingerprint density at radius 2 is 1.90 bits per heavy atom. The van der Waals surface area contributed by atoms with Crippen LogP contribution < -0.4 is 5.56 Å². The Morgan fingerprint density at radius 1 is 1.19 bits per heavy atom. The van der Waals surface area contributed by atoms with Gasteiger partial charge in [0, 0.05) is 25.2 Å². The summed E-state index contributed by atoms with van der Waals surface area (Å²) in [6.45, 7) is 9.79. The van der Waals surface area contributed by atoms with Crippen molar-refractivity contribution in [1.29, 1.82) is 0 Å². The fourth-order valence-corrected chi connectivity index (χ4v) is 4.23. The van der Waals surface area contributed by atoms with Crippen LogP contribution in [0.3, 0.4) is 0 Å². The Kier molecular flexibility index (Phi) is 7.29. The van der Waals surface area contributed by atoms with E-state index in [1.165, 1.54) is 23.9 Å². The summed E-state index contributed by atoms with van der Waals surface area (Å²) < 4.78 is 6.84. The van der Waals surface area contributed by atoms with Crippen molar-refractivity contribution in [2.45, 2.75) is 51.5 Å². The molecule has 8 nitrogen and oxygen atoms in total. The van der Waals surface area contributed by atoms with E-state index in [0.717, 1.165) is 6.54 Å². The lowest BCUT2D eigenvalue weighted by Crippen LogP contribution is -2.40. The van der Waals surface area contributed by atoms with Crippen molar-refractivity contribution in [3.8, 4) is 0 Å². The van der Waals surface area contributed by atoms with Gasteiger partial charge in [0.15, 0.2) is 5.16 Å². The smallest absolute Gasteiger partial charge is 0.401 e. The molecule has 1 aromatic carbocycles. The summed E-state index contributed by atoms with van der Waals surface area (Å²) in [7, 11) is 0. The molecule has 0 radical (unpaired) electrons. The topological polar surface area (TPSA) is 94.4 Å². The number of furan rings is 1. The number of nitro groups is 1. The van der Waals surface area contributed by atoms with Gasteiger partial charge >= 0.3 is 5.88 Å². The Balaban J connectivity index is 1.90. The van der Waals surface area contributed by atoms with E-state index in [1.807, 2.05) is 18.2 Å². The molecule has 0 aliphatic rings. The molecule has 0 saturated heterocycles. The second-order valence-electron chi connectivity index (χ2n) is 7.65. The molecule has 0 amide bonds. The van der Waals surface area contributed by atoms with E-state index in [1.54, 1.807) is 22.1 Å². The van der Waals surface area contributed by atoms with E-state index in [9.17, 15) is 14.9 Å². The molecule has 3 aromatic rings. The van der Waals surface area contributed by atoms with Crippen LogP contribution in [0.2, 0.25) is 0 Å². The minimum Gasteiger partial charge on any atom is -0.401 e. The summed E-state index contributed by atoms with van der Waals surface area (Å²) in [5.74, 6) is 0.0486. The van der Waals surface area contributed by atoms with E-state index >= 15 is 0 Å². The van der Waals surface area contributed by atoms with Crippen LogP contribution in [-0.2, 0) is 6.54 Å². The lowest BCUT2D eigenvalue weighted by Gasteiger charge is -2.30. The first-order chi connectivity index (χ1) is 14.8. The van der Waals surface area contributed by atoms with Crippen LogP contribution in [0, 0.1) is 10.1 Å². The minimum absolute atomic E-state index is 0.0809. The Bertz CT molecular complexity index is 1140. The number of para-hydroxylation sites is 1. The van der Waals surface area contributed by atoms with Gasteiger partial charge in [-0.15, -0.1) is 0 Å². The molecule has 0 atom stereocenters. The van der Waals surface area contributed by atoms with Gasteiger partial charge in [-0.3, -0.25) is 24.4 Å². The molecule has 31 heavy (non-hydrogen) atoms. The predicted octanol–water partition coefficient (Wildman–Crippen LogP) is 4.78.